The standard InChI is InChI=1S/C7H12O/c1-3-5-7-8-6-4-2/h4-5,7H,2-3,6H2,1H3/b7-5+. The predicted molar refractivity (Wildman–Crippen MR) is 35.6 cm³/mol. The number of rotatable bonds is 4. The second-order valence-corrected chi connectivity index (χ2v) is 1.40. The van der Waals surface area contributed by atoms with Crippen LogP contribution in [0.25, 0.3) is 0 Å². The van der Waals surface area contributed by atoms with Gasteiger partial charge in [0.05, 0.1) is 6.26 Å². The summed E-state index contributed by atoms with van der Waals surface area (Å²) in [7, 11) is 0. The molecule has 1 nitrogen and oxygen atoms in total. The Kier molecular flexibility index (Phi) is 5.71. The van der Waals surface area contributed by atoms with Gasteiger partial charge in [-0.1, -0.05) is 25.7 Å². The Morgan fingerprint density at radius 1 is 1.62 bits per heavy atom. The van der Waals surface area contributed by atoms with Gasteiger partial charge in [-0.3, -0.25) is 0 Å². The van der Waals surface area contributed by atoms with Gasteiger partial charge < -0.3 is 4.74 Å². The lowest BCUT2D eigenvalue weighted by molar-refractivity contribution is 0.289. The number of allylic oxidation sites excluding steroid dienone is 1. The summed E-state index contributed by atoms with van der Waals surface area (Å²) in [5, 5.41) is 0. The summed E-state index contributed by atoms with van der Waals surface area (Å²) in [4.78, 5) is 0. The van der Waals surface area contributed by atoms with Crippen LogP contribution in [0.3, 0.4) is 0 Å². The molecule has 0 atom stereocenters. The minimum Gasteiger partial charge on any atom is -0.497 e. The van der Waals surface area contributed by atoms with E-state index in [1.54, 1.807) is 12.3 Å². The summed E-state index contributed by atoms with van der Waals surface area (Å²) in [6, 6.07) is 0. The maximum Gasteiger partial charge on any atom is 0.105 e. The van der Waals surface area contributed by atoms with Crippen LogP contribution in [0.5, 0.6) is 0 Å². The van der Waals surface area contributed by atoms with Crippen molar-refractivity contribution in [3.8, 4) is 0 Å². The first-order chi connectivity index (χ1) is 3.91. The molecule has 0 aromatic carbocycles. The van der Waals surface area contributed by atoms with Crippen LogP contribution >= 0.6 is 0 Å². The zero-order chi connectivity index (χ0) is 6.24. The lowest BCUT2D eigenvalue weighted by Crippen LogP contribution is -1.77. The largest absolute Gasteiger partial charge is 0.497 e. The number of ether oxygens (including phenoxy) is 1. The fourth-order valence-corrected chi connectivity index (χ4v) is 0.288. The maximum absolute atomic E-state index is 4.92. The van der Waals surface area contributed by atoms with Gasteiger partial charge >= 0.3 is 0 Å². The Labute approximate surface area is 50.7 Å². The first kappa shape index (κ1) is 7.28. The summed E-state index contributed by atoms with van der Waals surface area (Å²) in [5.74, 6) is 0. The van der Waals surface area contributed by atoms with Crippen molar-refractivity contribution in [2.45, 2.75) is 13.3 Å². The lowest BCUT2D eigenvalue weighted by atomic mass is 10.5. The van der Waals surface area contributed by atoms with E-state index in [2.05, 4.69) is 13.5 Å². The van der Waals surface area contributed by atoms with Crippen molar-refractivity contribution in [1.29, 1.82) is 0 Å². The van der Waals surface area contributed by atoms with Gasteiger partial charge in [-0.25, -0.2) is 0 Å². The van der Waals surface area contributed by atoms with Gasteiger partial charge in [-0.15, -0.1) is 0 Å². The van der Waals surface area contributed by atoms with E-state index in [9.17, 15) is 0 Å². The smallest absolute Gasteiger partial charge is 0.105 e. The van der Waals surface area contributed by atoms with Crippen LogP contribution in [0.15, 0.2) is 25.0 Å². The Balaban J connectivity index is 2.90. The van der Waals surface area contributed by atoms with Crippen LogP contribution in [-0.2, 0) is 4.74 Å². The van der Waals surface area contributed by atoms with Crippen molar-refractivity contribution in [2.24, 2.45) is 0 Å². The molecule has 0 radical (unpaired) electrons. The van der Waals surface area contributed by atoms with Crippen LogP contribution in [-0.4, -0.2) is 6.61 Å². The molecule has 0 N–H and O–H groups in total. The molecule has 0 rings (SSSR count). The van der Waals surface area contributed by atoms with E-state index in [4.69, 9.17) is 4.74 Å². The second-order valence-electron chi connectivity index (χ2n) is 1.40. The quantitative estimate of drug-likeness (QED) is 0.307. The molecule has 0 bridgehead atoms. The van der Waals surface area contributed by atoms with Crippen molar-refractivity contribution >= 4 is 0 Å². The third-order valence-electron chi connectivity index (χ3n) is 0.642. The number of hydrogen-bond acceptors (Lipinski definition) is 1. The molecular formula is C7H12O. The Bertz CT molecular complexity index is 74.5. The van der Waals surface area contributed by atoms with Crippen LogP contribution in [0.1, 0.15) is 13.3 Å². The molecule has 0 amide bonds. The Morgan fingerprint density at radius 3 is 2.88 bits per heavy atom. The van der Waals surface area contributed by atoms with Crippen molar-refractivity contribution in [1.82, 2.24) is 0 Å². The molecule has 8 heavy (non-hydrogen) atoms. The van der Waals surface area contributed by atoms with Gasteiger partial charge in [0.1, 0.15) is 6.61 Å². The van der Waals surface area contributed by atoms with Crippen molar-refractivity contribution < 1.29 is 4.74 Å². The van der Waals surface area contributed by atoms with Crippen LogP contribution < -0.4 is 0 Å². The molecule has 0 spiro atoms. The summed E-state index contributed by atoms with van der Waals surface area (Å²) < 4.78 is 4.92. The fourth-order valence-electron chi connectivity index (χ4n) is 0.288. The average molecular weight is 112 g/mol. The van der Waals surface area contributed by atoms with Crippen molar-refractivity contribution in [3.63, 3.8) is 0 Å². The lowest BCUT2D eigenvalue weighted by Gasteiger charge is -1.89. The molecule has 1 heteroatoms. The molecule has 0 fully saturated rings. The average Bonchev–Trinajstić information content (AvgIpc) is 1.81. The van der Waals surface area contributed by atoms with Crippen LogP contribution in [0, 0.1) is 0 Å². The van der Waals surface area contributed by atoms with Gasteiger partial charge in [0.2, 0.25) is 0 Å². The van der Waals surface area contributed by atoms with E-state index in [1.165, 1.54) is 0 Å². The van der Waals surface area contributed by atoms with Crippen molar-refractivity contribution in [3.05, 3.63) is 25.0 Å². The Morgan fingerprint density at radius 2 is 2.38 bits per heavy atom. The van der Waals surface area contributed by atoms with Gasteiger partial charge in [-0.2, -0.15) is 0 Å². The third kappa shape index (κ3) is 5.28. The van der Waals surface area contributed by atoms with Crippen LogP contribution in [0.4, 0.5) is 0 Å². The molecule has 0 aliphatic heterocycles. The van der Waals surface area contributed by atoms with E-state index >= 15 is 0 Å². The van der Waals surface area contributed by atoms with E-state index in [-0.39, 0.29) is 0 Å². The molecular weight excluding hydrogens is 100 g/mol. The SMILES string of the molecule is C=CCO/C=C/CC. The first-order valence-corrected chi connectivity index (χ1v) is 2.79. The summed E-state index contributed by atoms with van der Waals surface area (Å²) in [6.07, 6.45) is 6.41. The van der Waals surface area contributed by atoms with Crippen molar-refractivity contribution in [2.75, 3.05) is 6.61 Å². The zero-order valence-corrected chi connectivity index (χ0v) is 5.26. The van der Waals surface area contributed by atoms with E-state index in [0.29, 0.717) is 6.61 Å². The normalized spacial score (nSPS) is 9.62. The third-order valence-corrected chi connectivity index (χ3v) is 0.642. The molecule has 0 aliphatic carbocycles. The van der Waals surface area contributed by atoms with Gasteiger partial charge in [0.15, 0.2) is 0 Å². The molecule has 0 saturated carbocycles. The molecule has 0 aliphatic rings. The second kappa shape index (κ2) is 6.28. The van der Waals surface area contributed by atoms with E-state index < -0.39 is 0 Å². The van der Waals surface area contributed by atoms with Gasteiger partial charge in [0.25, 0.3) is 0 Å². The van der Waals surface area contributed by atoms with Crippen LogP contribution in [0.2, 0.25) is 0 Å². The summed E-state index contributed by atoms with van der Waals surface area (Å²) in [5.41, 5.74) is 0. The predicted octanol–water partition coefficient (Wildman–Crippen LogP) is 2.11. The van der Waals surface area contributed by atoms with E-state index in [0.717, 1.165) is 6.42 Å². The Hall–Kier alpha value is -0.720. The highest BCUT2D eigenvalue weighted by molar-refractivity contribution is 4.73. The summed E-state index contributed by atoms with van der Waals surface area (Å²) >= 11 is 0. The molecule has 0 heterocycles. The first-order valence-electron chi connectivity index (χ1n) is 2.79. The van der Waals surface area contributed by atoms with E-state index in [1.807, 2.05) is 6.08 Å². The summed E-state index contributed by atoms with van der Waals surface area (Å²) in [6.45, 7) is 6.17. The molecule has 0 aromatic heterocycles. The molecule has 0 saturated heterocycles. The topological polar surface area (TPSA) is 9.23 Å². The highest BCUT2D eigenvalue weighted by Crippen LogP contribution is 1.81. The molecule has 46 valence electrons. The monoisotopic (exact) mass is 112 g/mol. The highest BCUT2D eigenvalue weighted by atomic mass is 16.5. The highest BCUT2D eigenvalue weighted by Gasteiger charge is 1.67. The molecule has 0 aromatic rings. The molecule has 0 unspecified atom stereocenters. The van der Waals surface area contributed by atoms with Gasteiger partial charge in [0, 0.05) is 0 Å². The maximum atomic E-state index is 4.92. The minimum atomic E-state index is 0.608. The van der Waals surface area contributed by atoms with Gasteiger partial charge in [-0.05, 0) is 6.42 Å². The fraction of sp³-hybridized carbons (Fsp3) is 0.429. The zero-order valence-electron chi connectivity index (χ0n) is 5.26. The minimum absolute atomic E-state index is 0.608. The number of hydrogen-bond donors (Lipinski definition) is 0.